The minimum atomic E-state index is -0.450. The molecule has 31 heavy (non-hydrogen) atoms. The van der Waals surface area contributed by atoms with Crippen molar-refractivity contribution in [1.82, 2.24) is 9.78 Å². The first-order valence-corrected chi connectivity index (χ1v) is 10.4. The van der Waals surface area contributed by atoms with Crippen LogP contribution in [-0.4, -0.2) is 15.7 Å². The number of aromatic nitrogens is 2. The number of rotatable bonds is 7. The Morgan fingerprint density at radius 3 is 2.77 bits per heavy atom. The lowest BCUT2D eigenvalue weighted by Crippen LogP contribution is -2.10. The second-order valence-corrected chi connectivity index (χ2v) is 7.96. The molecule has 0 aliphatic carbocycles. The summed E-state index contributed by atoms with van der Waals surface area (Å²) in [7, 11) is 0. The van der Waals surface area contributed by atoms with Crippen molar-refractivity contribution in [3.05, 3.63) is 99.4 Å². The zero-order valence-corrected chi connectivity index (χ0v) is 18.4. The molecule has 9 heteroatoms. The van der Waals surface area contributed by atoms with Crippen LogP contribution in [0.1, 0.15) is 21.9 Å². The molecule has 2 aromatic heterocycles. The van der Waals surface area contributed by atoms with Gasteiger partial charge in [-0.25, -0.2) is 4.39 Å². The molecule has 0 radical (unpaired) electrons. The fourth-order valence-electron chi connectivity index (χ4n) is 2.80. The normalized spacial score (nSPS) is 10.8. The predicted molar refractivity (Wildman–Crippen MR) is 118 cm³/mol. The average Bonchev–Trinajstić information content (AvgIpc) is 3.39. The fourth-order valence-corrected chi connectivity index (χ4v) is 3.29. The topological polar surface area (TPSA) is 69.3 Å². The number of benzene rings is 2. The summed E-state index contributed by atoms with van der Waals surface area (Å²) in [6.45, 7) is 0.626. The molecule has 0 atom stereocenters. The van der Waals surface area contributed by atoms with Crippen LogP contribution in [0.5, 0.6) is 5.75 Å². The largest absolute Gasteiger partial charge is 0.484 e. The van der Waals surface area contributed by atoms with Crippen LogP contribution in [0.15, 0.2) is 75.9 Å². The van der Waals surface area contributed by atoms with Gasteiger partial charge in [-0.3, -0.25) is 9.48 Å². The number of ether oxygens (including phenoxy) is 1. The average molecular weight is 505 g/mol. The van der Waals surface area contributed by atoms with Gasteiger partial charge in [-0.1, -0.05) is 39.7 Å². The van der Waals surface area contributed by atoms with Crippen molar-refractivity contribution in [1.29, 1.82) is 0 Å². The third-order valence-electron chi connectivity index (χ3n) is 4.30. The number of halogens is 3. The molecule has 2 aromatic carbocycles. The van der Waals surface area contributed by atoms with E-state index >= 15 is 0 Å². The van der Waals surface area contributed by atoms with Crippen molar-refractivity contribution in [2.24, 2.45) is 0 Å². The van der Waals surface area contributed by atoms with Crippen LogP contribution >= 0.6 is 27.5 Å². The maximum absolute atomic E-state index is 13.1. The highest BCUT2D eigenvalue weighted by molar-refractivity contribution is 9.10. The van der Waals surface area contributed by atoms with Gasteiger partial charge in [0.25, 0.3) is 5.91 Å². The Balaban J connectivity index is 1.33. The third-order valence-corrected chi connectivity index (χ3v) is 5.12. The van der Waals surface area contributed by atoms with Crippen molar-refractivity contribution in [2.75, 3.05) is 5.32 Å². The number of nitrogens with one attached hydrogen (secondary N) is 1. The first-order valence-electron chi connectivity index (χ1n) is 9.21. The van der Waals surface area contributed by atoms with Gasteiger partial charge in [0.2, 0.25) is 0 Å². The number of carbonyl (C=O) groups is 1. The van der Waals surface area contributed by atoms with Crippen molar-refractivity contribution < 1.29 is 18.3 Å². The molecule has 0 fully saturated rings. The van der Waals surface area contributed by atoms with Gasteiger partial charge in [0, 0.05) is 10.7 Å². The molecular weight excluding hydrogens is 489 g/mol. The second kappa shape index (κ2) is 9.36. The van der Waals surface area contributed by atoms with E-state index in [-0.39, 0.29) is 17.4 Å². The van der Waals surface area contributed by atoms with E-state index in [2.05, 4.69) is 26.3 Å². The molecule has 0 aliphatic heterocycles. The van der Waals surface area contributed by atoms with Crippen molar-refractivity contribution in [3.8, 4) is 5.75 Å². The maximum atomic E-state index is 13.1. The van der Waals surface area contributed by atoms with Gasteiger partial charge < -0.3 is 14.5 Å². The number of hydrogen-bond donors (Lipinski definition) is 1. The van der Waals surface area contributed by atoms with E-state index in [1.165, 1.54) is 12.1 Å². The summed E-state index contributed by atoms with van der Waals surface area (Å²) in [5.41, 5.74) is 1.63. The molecule has 0 spiro atoms. The lowest BCUT2D eigenvalue weighted by Gasteiger charge is -2.06. The number of nitrogens with zero attached hydrogens (tertiary/aromatic N) is 2. The van der Waals surface area contributed by atoms with E-state index in [1.807, 2.05) is 24.3 Å². The minimum absolute atomic E-state index is 0.0454. The van der Waals surface area contributed by atoms with Crippen LogP contribution in [0.4, 0.5) is 10.1 Å². The van der Waals surface area contributed by atoms with E-state index in [0.29, 0.717) is 23.7 Å². The summed E-state index contributed by atoms with van der Waals surface area (Å²) in [4.78, 5) is 12.4. The molecule has 6 nitrogen and oxygen atoms in total. The molecule has 0 saturated heterocycles. The molecule has 0 saturated carbocycles. The van der Waals surface area contributed by atoms with Gasteiger partial charge in [-0.15, -0.1) is 0 Å². The molecule has 0 unspecified atom stereocenters. The summed E-state index contributed by atoms with van der Waals surface area (Å²) >= 11 is 9.34. The molecular formula is C22H16BrClFN3O3. The quantitative estimate of drug-likeness (QED) is 0.340. The standard InChI is InChI=1S/C22H16BrClFN3O3/c23-15-3-1-14(2-4-15)11-28-12-17(10-26-28)27-22(29)21-8-6-18(31-21)13-30-20-7-5-16(25)9-19(20)24/h1-10,12H,11,13H2,(H,27,29). The first-order chi connectivity index (χ1) is 15.0. The van der Waals surface area contributed by atoms with Gasteiger partial charge in [0.1, 0.15) is 23.9 Å². The van der Waals surface area contributed by atoms with Gasteiger partial charge in [-0.05, 0) is 48.0 Å². The SMILES string of the molecule is O=C(Nc1cnn(Cc2ccc(Br)cc2)c1)c1ccc(COc2ccc(F)cc2Cl)o1. The summed E-state index contributed by atoms with van der Waals surface area (Å²) in [5, 5.41) is 7.17. The number of anilines is 1. The first kappa shape index (κ1) is 21.1. The molecule has 4 aromatic rings. The molecule has 4 rings (SSSR count). The van der Waals surface area contributed by atoms with Crippen molar-refractivity contribution >= 4 is 39.1 Å². The van der Waals surface area contributed by atoms with Crippen LogP contribution in [0, 0.1) is 5.82 Å². The zero-order chi connectivity index (χ0) is 21.8. The number of furan rings is 1. The van der Waals surface area contributed by atoms with Gasteiger partial charge >= 0.3 is 0 Å². The van der Waals surface area contributed by atoms with E-state index in [1.54, 1.807) is 29.2 Å². The van der Waals surface area contributed by atoms with Crippen LogP contribution in [0.3, 0.4) is 0 Å². The zero-order valence-electron chi connectivity index (χ0n) is 16.0. The third kappa shape index (κ3) is 5.53. The van der Waals surface area contributed by atoms with Crippen LogP contribution in [0.25, 0.3) is 0 Å². The number of hydrogen-bond acceptors (Lipinski definition) is 4. The highest BCUT2D eigenvalue weighted by Crippen LogP contribution is 2.26. The fraction of sp³-hybridized carbons (Fsp3) is 0.0909. The molecule has 1 N–H and O–H groups in total. The summed E-state index contributed by atoms with van der Waals surface area (Å²) in [6.07, 6.45) is 3.31. The smallest absolute Gasteiger partial charge is 0.291 e. The Bertz CT molecular complexity index is 1210. The van der Waals surface area contributed by atoms with Crippen LogP contribution in [0.2, 0.25) is 5.02 Å². The Kier molecular flexibility index (Phi) is 6.39. The monoisotopic (exact) mass is 503 g/mol. The van der Waals surface area contributed by atoms with E-state index < -0.39 is 11.7 Å². The molecule has 2 heterocycles. The Labute approximate surface area is 190 Å². The highest BCUT2D eigenvalue weighted by Gasteiger charge is 2.13. The van der Waals surface area contributed by atoms with Crippen molar-refractivity contribution in [2.45, 2.75) is 13.2 Å². The van der Waals surface area contributed by atoms with E-state index in [4.69, 9.17) is 20.8 Å². The maximum Gasteiger partial charge on any atom is 0.291 e. The van der Waals surface area contributed by atoms with Crippen LogP contribution < -0.4 is 10.1 Å². The summed E-state index contributed by atoms with van der Waals surface area (Å²) < 4.78 is 26.9. The molecule has 158 valence electrons. The Morgan fingerprint density at radius 2 is 2.00 bits per heavy atom. The Hall–Kier alpha value is -3.10. The van der Waals surface area contributed by atoms with Crippen LogP contribution in [-0.2, 0) is 13.2 Å². The minimum Gasteiger partial charge on any atom is -0.484 e. The highest BCUT2D eigenvalue weighted by atomic mass is 79.9. The predicted octanol–water partition coefficient (Wildman–Crippen LogP) is 5.91. The molecule has 0 aliphatic rings. The lowest BCUT2D eigenvalue weighted by atomic mass is 10.2. The Morgan fingerprint density at radius 1 is 1.19 bits per heavy atom. The summed E-state index contributed by atoms with van der Waals surface area (Å²) in [6, 6.07) is 14.9. The molecule has 1 amide bonds. The van der Waals surface area contributed by atoms with E-state index in [0.717, 1.165) is 16.1 Å². The number of amides is 1. The van der Waals surface area contributed by atoms with Gasteiger partial charge in [0.05, 0.1) is 23.5 Å². The lowest BCUT2D eigenvalue weighted by molar-refractivity contribution is 0.0992. The van der Waals surface area contributed by atoms with Crippen molar-refractivity contribution in [3.63, 3.8) is 0 Å². The number of carbonyl (C=O) groups excluding carboxylic acids is 1. The summed E-state index contributed by atoms with van der Waals surface area (Å²) in [5.74, 6) is 0.0216. The van der Waals surface area contributed by atoms with Gasteiger partial charge in [-0.2, -0.15) is 5.10 Å². The molecule has 0 bridgehead atoms. The second-order valence-electron chi connectivity index (χ2n) is 6.64. The van der Waals surface area contributed by atoms with E-state index in [9.17, 15) is 9.18 Å². The van der Waals surface area contributed by atoms with Gasteiger partial charge in [0.15, 0.2) is 5.76 Å².